The molecule has 0 radical (unpaired) electrons. The minimum absolute atomic E-state index is 0.130. The molecule has 112 valence electrons. The van der Waals surface area contributed by atoms with E-state index in [0.29, 0.717) is 5.56 Å². The number of hydrogen-bond donors (Lipinski definition) is 2. The van der Waals surface area contributed by atoms with Crippen LogP contribution in [-0.2, 0) is 5.60 Å². The van der Waals surface area contributed by atoms with Gasteiger partial charge in [0.15, 0.2) is 23.3 Å². The normalized spacial score (nSPS) is 13.8. The van der Waals surface area contributed by atoms with Gasteiger partial charge in [-0.2, -0.15) is 0 Å². The predicted octanol–water partition coefficient (Wildman–Crippen LogP) is 3.56. The number of benzene rings is 2. The summed E-state index contributed by atoms with van der Waals surface area (Å²) in [6.07, 6.45) is 0. The fourth-order valence-electron chi connectivity index (χ4n) is 1.89. The minimum atomic E-state index is -1.53. The van der Waals surface area contributed by atoms with E-state index in [1.54, 1.807) is 30.3 Å². The van der Waals surface area contributed by atoms with Gasteiger partial charge in [-0.1, -0.05) is 30.3 Å². The Hall–Kier alpha value is -2.08. The van der Waals surface area contributed by atoms with E-state index < -0.39 is 34.6 Å². The van der Waals surface area contributed by atoms with Gasteiger partial charge in [0.25, 0.3) is 0 Å². The van der Waals surface area contributed by atoms with Gasteiger partial charge in [0.2, 0.25) is 0 Å². The quantitative estimate of drug-likeness (QED) is 0.668. The summed E-state index contributed by atoms with van der Waals surface area (Å²) >= 11 is 0. The molecule has 0 amide bonds. The van der Waals surface area contributed by atoms with E-state index in [1.165, 1.54) is 6.92 Å². The summed E-state index contributed by atoms with van der Waals surface area (Å²) in [5, 5.41) is 12.5. The van der Waals surface area contributed by atoms with Crippen LogP contribution in [0.2, 0.25) is 0 Å². The third-order valence-corrected chi connectivity index (χ3v) is 3.12. The molecule has 0 heterocycles. The second-order valence-corrected chi connectivity index (χ2v) is 4.84. The highest BCUT2D eigenvalue weighted by atomic mass is 19.2. The van der Waals surface area contributed by atoms with Crippen molar-refractivity contribution in [3.8, 4) is 0 Å². The largest absolute Gasteiger partial charge is 0.384 e. The van der Waals surface area contributed by atoms with E-state index in [2.05, 4.69) is 5.32 Å². The summed E-state index contributed by atoms with van der Waals surface area (Å²) in [7, 11) is 0. The lowest BCUT2D eigenvalue weighted by Crippen LogP contribution is -2.31. The smallest absolute Gasteiger partial charge is 0.185 e. The fraction of sp³-hybridized carbons (Fsp3) is 0.200. The number of aliphatic hydroxyl groups is 1. The minimum Gasteiger partial charge on any atom is -0.384 e. The number of rotatable bonds is 4. The topological polar surface area (TPSA) is 32.3 Å². The average Bonchev–Trinajstić information content (AvgIpc) is 2.46. The Balaban J connectivity index is 2.24. The molecule has 0 bridgehead atoms. The Kier molecular flexibility index (Phi) is 4.18. The van der Waals surface area contributed by atoms with Crippen molar-refractivity contribution in [3.05, 3.63) is 65.2 Å². The first-order valence-corrected chi connectivity index (χ1v) is 6.17. The molecular weight excluding hydrogens is 286 g/mol. The van der Waals surface area contributed by atoms with E-state index in [9.17, 15) is 22.7 Å². The Morgan fingerprint density at radius 1 is 1.00 bits per heavy atom. The molecule has 2 aromatic carbocycles. The van der Waals surface area contributed by atoms with Crippen LogP contribution < -0.4 is 5.32 Å². The highest BCUT2D eigenvalue weighted by Crippen LogP contribution is 2.26. The summed E-state index contributed by atoms with van der Waals surface area (Å²) < 4.78 is 53.1. The Labute approximate surface area is 119 Å². The first-order chi connectivity index (χ1) is 9.83. The van der Waals surface area contributed by atoms with Crippen molar-refractivity contribution in [1.29, 1.82) is 0 Å². The summed E-state index contributed by atoms with van der Waals surface area (Å²) in [6, 6.07) is 8.50. The molecule has 6 heteroatoms. The zero-order chi connectivity index (χ0) is 15.6. The molecular formula is C15H13F4NO. The molecule has 2 nitrogen and oxygen atoms in total. The summed E-state index contributed by atoms with van der Waals surface area (Å²) in [6.45, 7) is 1.09. The van der Waals surface area contributed by atoms with Gasteiger partial charge < -0.3 is 10.4 Å². The van der Waals surface area contributed by atoms with Gasteiger partial charge in [-0.05, 0) is 12.5 Å². The van der Waals surface area contributed by atoms with Crippen molar-refractivity contribution in [2.45, 2.75) is 12.5 Å². The molecule has 0 aliphatic rings. The van der Waals surface area contributed by atoms with Gasteiger partial charge >= 0.3 is 0 Å². The summed E-state index contributed by atoms with van der Waals surface area (Å²) in [5.41, 5.74) is -1.91. The molecule has 0 fully saturated rings. The fourth-order valence-corrected chi connectivity index (χ4v) is 1.89. The van der Waals surface area contributed by atoms with Crippen LogP contribution >= 0.6 is 0 Å². The maximum Gasteiger partial charge on any atom is 0.185 e. The third-order valence-electron chi connectivity index (χ3n) is 3.12. The lowest BCUT2D eigenvalue weighted by Gasteiger charge is -2.25. The van der Waals surface area contributed by atoms with Crippen molar-refractivity contribution in [3.63, 3.8) is 0 Å². The highest BCUT2D eigenvalue weighted by molar-refractivity contribution is 5.48. The first-order valence-electron chi connectivity index (χ1n) is 6.17. The number of anilines is 1. The second-order valence-electron chi connectivity index (χ2n) is 4.84. The van der Waals surface area contributed by atoms with Gasteiger partial charge in [-0.25, -0.2) is 17.6 Å². The summed E-state index contributed by atoms with van der Waals surface area (Å²) in [5.74, 6) is -6.07. The molecule has 21 heavy (non-hydrogen) atoms. The predicted molar refractivity (Wildman–Crippen MR) is 70.8 cm³/mol. The molecule has 0 aliphatic heterocycles. The van der Waals surface area contributed by atoms with Gasteiger partial charge in [0, 0.05) is 12.6 Å². The maximum atomic E-state index is 13.5. The van der Waals surface area contributed by atoms with E-state index >= 15 is 0 Å². The zero-order valence-electron chi connectivity index (χ0n) is 11.1. The van der Waals surface area contributed by atoms with Crippen molar-refractivity contribution in [1.82, 2.24) is 0 Å². The third kappa shape index (κ3) is 3.16. The van der Waals surface area contributed by atoms with Crippen molar-refractivity contribution >= 4 is 5.69 Å². The van der Waals surface area contributed by atoms with Gasteiger partial charge in [-0.3, -0.25) is 0 Å². The maximum absolute atomic E-state index is 13.5. The van der Waals surface area contributed by atoms with Crippen LogP contribution in [0.25, 0.3) is 0 Å². The molecule has 2 aromatic rings. The lowest BCUT2D eigenvalue weighted by atomic mass is 9.96. The number of hydrogen-bond acceptors (Lipinski definition) is 2. The SMILES string of the molecule is CC(O)(CNc1c(F)c(F)cc(F)c1F)c1ccccc1. The van der Waals surface area contributed by atoms with Crippen LogP contribution in [0.5, 0.6) is 0 Å². The molecule has 2 N–H and O–H groups in total. The molecule has 2 rings (SSSR count). The Morgan fingerprint density at radius 2 is 1.52 bits per heavy atom. The standard InChI is InChI=1S/C15H13F4NO/c1-15(21,9-5-3-2-4-6-9)8-20-14-12(18)10(16)7-11(17)13(14)19/h2-7,20-21H,8H2,1H3. The van der Waals surface area contributed by atoms with E-state index in [1.807, 2.05) is 0 Å². The van der Waals surface area contributed by atoms with E-state index in [0.717, 1.165) is 0 Å². The van der Waals surface area contributed by atoms with E-state index in [-0.39, 0.29) is 12.6 Å². The van der Waals surface area contributed by atoms with Crippen LogP contribution in [0.15, 0.2) is 36.4 Å². The molecule has 0 spiro atoms. The number of halogens is 4. The molecule has 1 unspecified atom stereocenters. The van der Waals surface area contributed by atoms with Gasteiger partial charge in [-0.15, -0.1) is 0 Å². The number of nitrogens with one attached hydrogen (secondary N) is 1. The van der Waals surface area contributed by atoms with Crippen molar-refractivity contribution in [2.24, 2.45) is 0 Å². The van der Waals surface area contributed by atoms with Crippen LogP contribution in [0.4, 0.5) is 23.2 Å². The zero-order valence-corrected chi connectivity index (χ0v) is 11.1. The first kappa shape index (κ1) is 15.3. The van der Waals surface area contributed by atoms with Gasteiger partial charge in [0.1, 0.15) is 11.3 Å². The lowest BCUT2D eigenvalue weighted by molar-refractivity contribution is 0.0713. The molecule has 0 saturated carbocycles. The Bertz CT molecular complexity index is 618. The summed E-state index contributed by atoms with van der Waals surface area (Å²) in [4.78, 5) is 0. The van der Waals surface area contributed by atoms with Crippen LogP contribution in [0.3, 0.4) is 0 Å². The van der Waals surface area contributed by atoms with Gasteiger partial charge in [0.05, 0.1) is 0 Å². The molecule has 0 aliphatic carbocycles. The Morgan fingerprint density at radius 3 is 2.05 bits per heavy atom. The van der Waals surface area contributed by atoms with Crippen LogP contribution in [0.1, 0.15) is 12.5 Å². The van der Waals surface area contributed by atoms with E-state index in [4.69, 9.17) is 0 Å². The highest BCUT2D eigenvalue weighted by Gasteiger charge is 2.25. The van der Waals surface area contributed by atoms with Crippen LogP contribution in [0, 0.1) is 23.3 Å². The van der Waals surface area contributed by atoms with Crippen molar-refractivity contribution < 1.29 is 22.7 Å². The molecule has 0 aromatic heterocycles. The monoisotopic (exact) mass is 299 g/mol. The molecule has 1 atom stereocenters. The average molecular weight is 299 g/mol. The molecule has 0 saturated heterocycles. The van der Waals surface area contributed by atoms with Crippen LogP contribution in [-0.4, -0.2) is 11.7 Å². The van der Waals surface area contributed by atoms with Crippen molar-refractivity contribution in [2.75, 3.05) is 11.9 Å². The second kappa shape index (κ2) is 5.73.